The summed E-state index contributed by atoms with van der Waals surface area (Å²) in [5.41, 5.74) is 0.671. The van der Waals surface area contributed by atoms with Crippen molar-refractivity contribution in [3.63, 3.8) is 0 Å². The zero-order valence-corrected chi connectivity index (χ0v) is 18.4. The van der Waals surface area contributed by atoms with Crippen LogP contribution in [0.4, 0.5) is 13.2 Å². The van der Waals surface area contributed by atoms with Crippen molar-refractivity contribution < 1.29 is 27.4 Å². The maximum atomic E-state index is 13.3. The van der Waals surface area contributed by atoms with E-state index in [4.69, 9.17) is 9.47 Å². The van der Waals surface area contributed by atoms with Gasteiger partial charge in [0, 0.05) is 29.9 Å². The van der Waals surface area contributed by atoms with E-state index in [1.165, 1.54) is 12.2 Å². The molecule has 33 heavy (non-hydrogen) atoms. The third-order valence-electron chi connectivity index (χ3n) is 5.75. The van der Waals surface area contributed by atoms with Gasteiger partial charge in [0.25, 0.3) is 0 Å². The Hall–Kier alpha value is -3.56. The molecule has 3 heterocycles. The molecule has 0 aliphatic carbocycles. The van der Waals surface area contributed by atoms with Crippen molar-refractivity contribution in [3.05, 3.63) is 59.1 Å². The van der Waals surface area contributed by atoms with Gasteiger partial charge in [-0.3, -0.25) is 4.79 Å². The van der Waals surface area contributed by atoms with Gasteiger partial charge in [0.05, 0.1) is 26.0 Å². The highest BCUT2D eigenvalue weighted by Gasteiger charge is 2.35. The molecule has 1 unspecified atom stereocenters. The van der Waals surface area contributed by atoms with Crippen molar-refractivity contribution in [2.24, 2.45) is 0 Å². The number of carbonyl (C=O) groups excluding carboxylic acids is 1. The van der Waals surface area contributed by atoms with E-state index in [0.29, 0.717) is 29.3 Å². The Balaban J connectivity index is 1.64. The minimum Gasteiger partial charge on any atom is -0.497 e. The lowest BCUT2D eigenvalue weighted by molar-refractivity contribution is -0.142. The third-order valence-corrected chi connectivity index (χ3v) is 5.75. The van der Waals surface area contributed by atoms with Gasteiger partial charge in [0.1, 0.15) is 17.2 Å². The maximum absolute atomic E-state index is 13.3. The molecule has 0 bridgehead atoms. The molecule has 174 valence electrons. The topological polar surface area (TPSA) is 69.0 Å². The molecule has 2 aromatic heterocycles. The molecular weight excluding hydrogens is 437 g/mol. The molecule has 0 radical (unpaired) electrons. The average molecular weight is 460 g/mol. The largest absolute Gasteiger partial charge is 0.497 e. The van der Waals surface area contributed by atoms with Crippen molar-refractivity contribution in [1.82, 2.24) is 19.5 Å². The summed E-state index contributed by atoms with van der Waals surface area (Å²) in [6.45, 7) is 2.14. The van der Waals surface area contributed by atoms with Gasteiger partial charge in [-0.1, -0.05) is 0 Å². The second kappa shape index (κ2) is 8.76. The van der Waals surface area contributed by atoms with E-state index in [-0.39, 0.29) is 17.6 Å². The van der Waals surface area contributed by atoms with Gasteiger partial charge >= 0.3 is 6.18 Å². The molecule has 1 atom stereocenters. The highest BCUT2D eigenvalue weighted by Crippen LogP contribution is 2.39. The number of aromatic nitrogens is 3. The van der Waals surface area contributed by atoms with Crippen molar-refractivity contribution in [2.45, 2.75) is 32.0 Å². The second-order valence-corrected chi connectivity index (χ2v) is 7.69. The third kappa shape index (κ3) is 4.24. The quantitative estimate of drug-likeness (QED) is 0.527. The SMILES string of the molecule is COc1ccc(OC)c(C2CCCN2C(=O)C=Cc2c(C)nn3c(C(F)(F)F)ccnc23)c1. The van der Waals surface area contributed by atoms with Gasteiger partial charge in [0.2, 0.25) is 5.91 Å². The van der Waals surface area contributed by atoms with Gasteiger partial charge in [0.15, 0.2) is 5.65 Å². The van der Waals surface area contributed by atoms with Gasteiger partial charge in [-0.05, 0) is 50.1 Å². The highest BCUT2D eigenvalue weighted by atomic mass is 19.4. The van der Waals surface area contributed by atoms with Crippen LogP contribution in [-0.4, -0.2) is 46.2 Å². The number of methoxy groups -OCH3 is 2. The number of hydrogen-bond donors (Lipinski definition) is 0. The Kier molecular flexibility index (Phi) is 6.01. The number of amides is 1. The lowest BCUT2D eigenvalue weighted by atomic mass is 10.0. The molecule has 1 aliphatic rings. The van der Waals surface area contributed by atoms with Gasteiger partial charge < -0.3 is 14.4 Å². The van der Waals surface area contributed by atoms with E-state index in [2.05, 4.69) is 10.1 Å². The highest BCUT2D eigenvalue weighted by molar-refractivity contribution is 5.93. The number of fused-ring (bicyclic) bond motifs is 1. The number of hydrogen-bond acceptors (Lipinski definition) is 5. The summed E-state index contributed by atoms with van der Waals surface area (Å²) in [5, 5.41) is 3.99. The van der Waals surface area contributed by atoms with Crippen LogP contribution < -0.4 is 9.47 Å². The van der Waals surface area contributed by atoms with Crippen molar-refractivity contribution >= 4 is 17.6 Å². The first-order valence-corrected chi connectivity index (χ1v) is 10.4. The summed E-state index contributed by atoms with van der Waals surface area (Å²) in [6.07, 6.45) is 0.924. The number of benzene rings is 1. The van der Waals surface area contributed by atoms with Crippen LogP contribution >= 0.6 is 0 Å². The number of likely N-dealkylation sites (tertiary alicyclic amines) is 1. The molecule has 1 fully saturated rings. The Morgan fingerprint density at radius 2 is 2.00 bits per heavy atom. The van der Waals surface area contributed by atoms with Gasteiger partial charge in [-0.25, -0.2) is 9.50 Å². The van der Waals surface area contributed by atoms with Crippen molar-refractivity contribution in [3.8, 4) is 11.5 Å². The monoisotopic (exact) mass is 460 g/mol. The zero-order chi connectivity index (χ0) is 23.8. The van der Waals surface area contributed by atoms with Gasteiger partial charge in [-0.15, -0.1) is 0 Å². The smallest absolute Gasteiger partial charge is 0.433 e. The molecule has 1 aromatic carbocycles. The van der Waals surface area contributed by atoms with E-state index in [1.54, 1.807) is 38.2 Å². The normalized spacial score (nSPS) is 16.7. The number of carbonyl (C=O) groups is 1. The molecule has 1 amide bonds. The van der Waals surface area contributed by atoms with Crippen LogP contribution in [0.1, 0.15) is 41.4 Å². The van der Waals surface area contributed by atoms with E-state index in [1.807, 2.05) is 6.07 Å². The predicted molar refractivity (Wildman–Crippen MR) is 115 cm³/mol. The minimum atomic E-state index is -4.57. The first-order chi connectivity index (χ1) is 15.7. The summed E-state index contributed by atoms with van der Waals surface area (Å²) in [5.74, 6) is 1.06. The Morgan fingerprint density at radius 3 is 2.70 bits per heavy atom. The van der Waals surface area contributed by atoms with E-state index >= 15 is 0 Å². The molecule has 0 spiro atoms. The summed E-state index contributed by atoms with van der Waals surface area (Å²) < 4.78 is 51.5. The van der Waals surface area contributed by atoms with Crippen molar-refractivity contribution in [2.75, 3.05) is 20.8 Å². The number of rotatable bonds is 5. The van der Waals surface area contributed by atoms with Crippen LogP contribution in [0.25, 0.3) is 11.7 Å². The average Bonchev–Trinajstić information content (AvgIpc) is 3.40. The first-order valence-electron chi connectivity index (χ1n) is 10.4. The zero-order valence-electron chi connectivity index (χ0n) is 18.4. The Bertz CT molecular complexity index is 1220. The van der Waals surface area contributed by atoms with Crippen molar-refractivity contribution in [1.29, 1.82) is 0 Å². The van der Waals surface area contributed by atoms with Gasteiger partial charge in [-0.2, -0.15) is 18.3 Å². The fraction of sp³-hybridized carbons (Fsp3) is 0.348. The summed E-state index contributed by atoms with van der Waals surface area (Å²) in [6, 6.07) is 6.12. The number of halogens is 3. The first kappa shape index (κ1) is 22.6. The minimum absolute atomic E-state index is 0.0406. The van der Waals surface area contributed by atoms with E-state index < -0.39 is 11.9 Å². The van der Waals surface area contributed by atoms with Crippen LogP contribution in [0.3, 0.4) is 0 Å². The molecule has 0 saturated carbocycles. The van der Waals surface area contributed by atoms with Crippen LogP contribution in [0, 0.1) is 6.92 Å². The molecule has 1 aliphatic heterocycles. The molecular formula is C23H23F3N4O3. The molecule has 4 rings (SSSR count). The lowest BCUT2D eigenvalue weighted by Gasteiger charge is -2.25. The van der Waals surface area contributed by atoms with Crippen LogP contribution in [0.15, 0.2) is 36.5 Å². The maximum Gasteiger partial charge on any atom is 0.433 e. The van der Waals surface area contributed by atoms with Crippen LogP contribution in [0.2, 0.25) is 0 Å². The number of alkyl halides is 3. The molecule has 0 N–H and O–H groups in total. The second-order valence-electron chi connectivity index (χ2n) is 7.69. The summed E-state index contributed by atoms with van der Waals surface area (Å²) >= 11 is 0. The lowest BCUT2D eigenvalue weighted by Crippen LogP contribution is -2.29. The molecule has 1 saturated heterocycles. The van der Waals surface area contributed by atoms with E-state index in [0.717, 1.165) is 35.2 Å². The number of aryl methyl sites for hydroxylation is 1. The molecule has 10 heteroatoms. The predicted octanol–water partition coefficient (Wildman–Crippen LogP) is 4.45. The number of ether oxygens (including phenoxy) is 2. The molecule has 7 nitrogen and oxygen atoms in total. The summed E-state index contributed by atoms with van der Waals surface area (Å²) in [7, 11) is 3.14. The van der Waals surface area contributed by atoms with Crippen LogP contribution in [0.5, 0.6) is 11.5 Å². The Labute approximate surface area is 188 Å². The van der Waals surface area contributed by atoms with Crippen LogP contribution in [-0.2, 0) is 11.0 Å². The number of nitrogens with zero attached hydrogens (tertiary/aromatic N) is 4. The Morgan fingerprint density at radius 1 is 1.21 bits per heavy atom. The fourth-order valence-electron chi connectivity index (χ4n) is 4.18. The standard InChI is InChI=1S/C23H23F3N4O3/c1-14-16(22-27-11-10-20(23(24,25)26)30(22)28-14)7-9-21(31)29-12-4-5-18(29)17-13-15(32-2)6-8-19(17)33-3/h6-11,13,18H,4-5,12H2,1-3H3. The fourth-order valence-corrected chi connectivity index (χ4v) is 4.18. The van der Waals surface area contributed by atoms with E-state index in [9.17, 15) is 18.0 Å². The summed E-state index contributed by atoms with van der Waals surface area (Å²) in [4.78, 5) is 18.9. The molecule has 3 aromatic rings.